The van der Waals surface area contributed by atoms with Crippen LogP contribution in [0.2, 0.25) is 0 Å². The zero-order valence-electron chi connectivity index (χ0n) is 12.2. The second-order valence-corrected chi connectivity index (χ2v) is 5.42. The van der Waals surface area contributed by atoms with Crippen molar-refractivity contribution in [2.45, 2.75) is 39.5 Å². The van der Waals surface area contributed by atoms with Gasteiger partial charge in [0.05, 0.1) is 0 Å². The maximum atomic E-state index is 4.80. The van der Waals surface area contributed by atoms with E-state index < -0.39 is 0 Å². The SMILES string of the molecule is CCNc1nc(-c2ccc(C)cc2)nc2c1CCCC2. The van der Waals surface area contributed by atoms with Gasteiger partial charge in [-0.15, -0.1) is 0 Å². The Labute approximate surface area is 120 Å². The van der Waals surface area contributed by atoms with E-state index in [4.69, 9.17) is 9.97 Å². The van der Waals surface area contributed by atoms with Gasteiger partial charge in [-0.25, -0.2) is 9.97 Å². The Hall–Kier alpha value is -1.90. The van der Waals surface area contributed by atoms with Crippen molar-refractivity contribution >= 4 is 5.82 Å². The topological polar surface area (TPSA) is 37.8 Å². The lowest BCUT2D eigenvalue weighted by molar-refractivity contribution is 0.665. The predicted molar refractivity (Wildman–Crippen MR) is 83.0 cm³/mol. The predicted octanol–water partition coefficient (Wildman–Crippen LogP) is 3.76. The molecule has 0 unspecified atom stereocenters. The highest BCUT2D eigenvalue weighted by atomic mass is 15.0. The Morgan fingerprint density at radius 2 is 1.80 bits per heavy atom. The molecule has 1 aromatic heterocycles. The van der Waals surface area contributed by atoms with Crippen LogP contribution in [-0.2, 0) is 12.8 Å². The van der Waals surface area contributed by atoms with Gasteiger partial charge >= 0.3 is 0 Å². The molecule has 1 aliphatic rings. The van der Waals surface area contributed by atoms with Crippen molar-refractivity contribution in [3.05, 3.63) is 41.1 Å². The van der Waals surface area contributed by atoms with Crippen molar-refractivity contribution in [2.75, 3.05) is 11.9 Å². The lowest BCUT2D eigenvalue weighted by Crippen LogP contribution is -2.13. The van der Waals surface area contributed by atoms with Gasteiger partial charge in [-0.05, 0) is 39.5 Å². The quantitative estimate of drug-likeness (QED) is 0.920. The summed E-state index contributed by atoms with van der Waals surface area (Å²) in [5.74, 6) is 1.88. The first-order valence-corrected chi connectivity index (χ1v) is 7.48. The summed E-state index contributed by atoms with van der Waals surface area (Å²) in [5.41, 5.74) is 4.92. The number of rotatable bonds is 3. The Balaban J connectivity index is 2.07. The molecule has 1 heterocycles. The second kappa shape index (κ2) is 5.61. The lowest BCUT2D eigenvalue weighted by Gasteiger charge is -2.19. The monoisotopic (exact) mass is 267 g/mol. The molecular formula is C17H21N3. The minimum absolute atomic E-state index is 0.849. The van der Waals surface area contributed by atoms with E-state index in [9.17, 15) is 0 Å². The number of benzene rings is 1. The zero-order chi connectivity index (χ0) is 13.9. The summed E-state index contributed by atoms with van der Waals surface area (Å²) in [7, 11) is 0. The normalized spacial score (nSPS) is 13.9. The van der Waals surface area contributed by atoms with Crippen molar-refractivity contribution in [3.63, 3.8) is 0 Å². The van der Waals surface area contributed by atoms with Crippen LogP contribution in [0.1, 0.15) is 36.6 Å². The number of fused-ring (bicyclic) bond motifs is 1. The fourth-order valence-corrected chi connectivity index (χ4v) is 2.74. The van der Waals surface area contributed by atoms with Crippen LogP contribution in [0.3, 0.4) is 0 Å². The smallest absolute Gasteiger partial charge is 0.161 e. The van der Waals surface area contributed by atoms with E-state index in [0.29, 0.717) is 0 Å². The van der Waals surface area contributed by atoms with Crippen LogP contribution >= 0.6 is 0 Å². The molecule has 0 aliphatic heterocycles. The van der Waals surface area contributed by atoms with E-state index in [-0.39, 0.29) is 0 Å². The van der Waals surface area contributed by atoms with Gasteiger partial charge in [-0.2, -0.15) is 0 Å². The Morgan fingerprint density at radius 3 is 2.55 bits per heavy atom. The third-order valence-electron chi connectivity index (χ3n) is 3.84. The second-order valence-electron chi connectivity index (χ2n) is 5.42. The van der Waals surface area contributed by atoms with Crippen LogP contribution < -0.4 is 5.32 Å². The van der Waals surface area contributed by atoms with Gasteiger partial charge in [-0.3, -0.25) is 0 Å². The zero-order valence-corrected chi connectivity index (χ0v) is 12.2. The number of hydrogen-bond donors (Lipinski definition) is 1. The van der Waals surface area contributed by atoms with E-state index in [0.717, 1.165) is 36.6 Å². The molecular weight excluding hydrogens is 246 g/mol. The van der Waals surface area contributed by atoms with Gasteiger partial charge < -0.3 is 5.32 Å². The molecule has 0 atom stereocenters. The van der Waals surface area contributed by atoms with Crippen LogP contribution in [0.15, 0.2) is 24.3 Å². The molecule has 0 fully saturated rings. The third-order valence-corrected chi connectivity index (χ3v) is 3.84. The van der Waals surface area contributed by atoms with Crippen LogP contribution in [0, 0.1) is 6.92 Å². The molecule has 0 bridgehead atoms. The summed E-state index contributed by atoms with van der Waals surface area (Å²) < 4.78 is 0. The van der Waals surface area contributed by atoms with Crippen molar-refractivity contribution < 1.29 is 0 Å². The molecule has 1 aliphatic carbocycles. The van der Waals surface area contributed by atoms with E-state index >= 15 is 0 Å². The summed E-state index contributed by atoms with van der Waals surface area (Å²) in [6, 6.07) is 8.45. The van der Waals surface area contributed by atoms with Crippen LogP contribution in [0.4, 0.5) is 5.82 Å². The highest BCUT2D eigenvalue weighted by Gasteiger charge is 2.17. The summed E-state index contributed by atoms with van der Waals surface area (Å²) >= 11 is 0. The summed E-state index contributed by atoms with van der Waals surface area (Å²) in [6.07, 6.45) is 4.67. The van der Waals surface area contributed by atoms with E-state index in [1.54, 1.807) is 0 Å². The molecule has 1 N–H and O–H groups in total. The molecule has 3 heteroatoms. The van der Waals surface area contributed by atoms with Crippen molar-refractivity contribution in [1.82, 2.24) is 9.97 Å². The van der Waals surface area contributed by atoms with Gasteiger partial charge in [0.25, 0.3) is 0 Å². The molecule has 3 rings (SSSR count). The minimum Gasteiger partial charge on any atom is -0.370 e. The molecule has 1 aromatic carbocycles. The molecule has 20 heavy (non-hydrogen) atoms. The van der Waals surface area contributed by atoms with E-state index in [1.165, 1.54) is 29.7 Å². The average molecular weight is 267 g/mol. The fourth-order valence-electron chi connectivity index (χ4n) is 2.74. The van der Waals surface area contributed by atoms with Crippen LogP contribution in [0.5, 0.6) is 0 Å². The minimum atomic E-state index is 0.849. The van der Waals surface area contributed by atoms with Gasteiger partial charge in [0, 0.05) is 23.4 Å². The molecule has 2 aromatic rings. The molecule has 0 saturated heterocycles. The molecule has 0 saturated carbocycles. The standard InChI is InChI=1S/C17H21N3/c1-3-18-17-14-6-4-5-7-15(14)19-16(20-17)13-10-8-12(2)9-11-13/h8-11H,3-7H2,1-2H3,(H,18,19,20). The van der Waals surface area contributed by atoms with Crippen molar-refractivity contribution in [1.29, 1.82) is 0 Å². The van der Waals surface area contributed by atoms with Gasteiger partial charge in [0.15, 0.2) is 5.82 Å². The molecule has 0 spiro atoms. The molecule has 0 radical (unpaired) electrons. The first-order chi connectivity index (χ1) is 9.78. The van der Waals surface area contributed by atoms with Gasteiger partial charge in [-0.1, -0.05) is 29.8 Å². The highest BCUT2D eigenvalue weighted by Crippen LogP contribution is 2.28. The summed E-state index contributed by atoms with van der Waals surface area (Å²) in [4.78, 5) is 9.56. The molecule has 3 nitrogen and oxygen atoms in total. The van der Waals surface area contributed by atoms with Crippen molar-refractivity contribution in [3.8, 4) is 11.4 Å². The number of aromatic nitrogens is 2. The number of nitrogens with one attached hydrogen (secondary N) is 1. The van der Waals surface area contributed by atoms with E-state index in [2.05, 4.69) is 43.4 Å². The Kier molecular flexibility index (Phi) is 3.68. The summed E-state index contributed by atoms with van der Waals surface area (Å²) in [5, 5.41) is 3.41. The average Bonchev–Trinajstić information content (AvgIpc) is 2.48. The Morgan fingerprint density at radius 1 is 1.05 bits per heavy atom. The number of hydrogen-bond acceptors (Lipinski definition) is 3. The first-order valence-electron chi connectivity index (χ1n) is 7.48. The van der Waals surface area contributed by atoms with Gasteiger partial charge in [0.1, 0.15) is 5.82 Å². The summed E-state index contributed by atoms with van der Waals surface area (Å²) in [6.45, 7) is 5.11. The van der Waals surface area contributed by atoms with E-state index in [1.807, 2.05) is 0 Å². The lowest BCUT2D eigenvalue weighted by atomic mass is 9.96. The Bertz CT molecular complexity index is 602. The maximum absolute atomic E-state index is 4.80. The molecule has 104 valence electrons. The van der Waals surface area contributed by atoms with Crippen LogP contribution in [-0.4, -0.2) is 16.5 Å². The highest BCUT2D eigenvalue weighted by molar-refractivity contribution is 5.60. The largest absolute Gasteiger partial charge is 0.370 e. The van der Waals surface area contributed by atoms with Crippen molar-refractivity contribution in [2.24, 2.45) is 0 Å². The number of anilines is 1. The number of aryl methyl sites for hydroxylation is 2. The molecule has 0 amide bonds. The fraction of sp³-hybridized carbons (Fsp3) is 0.412. The first kappa shape index (κ1) is 13.1. The maximum Gasteiger partial charge on any atom is 0.161 e. The number of nitrogens with zero attached hydrogens (tertiary/aromatic N) is 2. The van der Waals surface area contributed by atoms with Gasteiger partial charge in [0.2, 0.25) is 0 Å². The van der Waals surface area contributed by atoms with Crippen LogP contribution in [0.25, 0.3) is 11.4 Å². The third kappa shape index (κ3) is 2.53.